The van der Waals surface area contributed by atoms with E-state index < -0.39 is 0 Å². The van der Waals surface area contributed by atoms with Gasteiger partial charge in [0.2, 0.25) is 0 Å². The van der Waals surface area contributed by atoms with Gasteiger partial charge in [-0.25, -0.2) is 0 Å². The Morgan fingerprint density at radius 1 is 1.42 bits per heavy atom. The summed E-state index contributed by atoms with van der Waals surface area (Å²) in [5.74, 6) is 0. The van der Waals surface area contributed by atoms with Gasteiger partial charge in [0.05, 0.1) is 12.3 Å². The molecule has 5 heteroatoms. The number of rotatable bonds is 2. The van der Waals surface area contributed by atoms with Crippen LogP contribution in [0.15, 0.2) is 18.3 Å². The molecule has 3 nitrogen and oxygen atoms in total. The molecule has 0 aromatic carbocycles. The molecule has 0 unspecified atom stereocenters. The van der Waals surface area contributed by atoms with E-state index in [0.717, 1.165) is 11.3 Å². The van der Waals surface area contributed by atoms with Crippen molar-refractivity contribution in [3.05, 3.63) is 29.6 Å². The van der Waals surface area contributed by atoms with Crippen LogP contribution in [-0.4, -0.2) is 10.1 Å². The van der Waals surface area contributed by atoms with Crippen LogP contribution in [0.2, 0.25) is 0 Å². The van der Waals surface area contributed by atoms with Crippen molar-refractivity contribution in [2.75, 3.05) is 0 Å². The zero-order valence-electron chi connectivity index (χ0n) is 6.43. The second-order valence-electron chi connectivity index (χ2n) is 2.02. The van der Waals surface area contributed by atoms with Gasteiger partial charge in [-0.05, 0) is 17.7 Å². The zero-order chi connectivity index (χ0) is 7.40. The number of hydrogen-bond donors (Lipinski definition) is 2. The van der Waals surface area contributed by atoms with Gasteiger partial charge in [0.25, 0.3) is 0 Å². The van der Waals surface area contributed by atoms with Crippen LogP contribution in [0.3, 0.4) is 0 Å². The van der Waals surface area contributed by atoms with E-state index in [9.17, 15) is 0 Å². The van der Waals surface area contributed by atoms with Crippen LogP contribution in [0.4, 0.5) is 0 Å². The standard InChI is InChI=1S/C7H10N2O.2ClH/c8-4-7-3-6(5-10)1-2-9-7;;/h1-3,10H,4-5,8H2;2*1H. The van der Waals surface area contributed by atoms with E-state index in [2.05, 4.69) is 4.98 Å². The third-order valence-corrected chi connectivity index (χ3v) is 1.27. The minimum atomic E-state index is 0. The summed E-state index contributed by atoms with van der Waals surface area (Å²) in [5, 5.41) is 8.69. The smallest absolute Gasteiger partial charge is 0.0683 e. The van der Waals surface area contributed by atoms with E-state index in [-0.39, 0.29) is 31.4 Å². The summed E-state index contributed by atoms with van der Waals surface area (Å²) in [7, 11) is 0. The Hall–Kier alpha value is -0.350. The minimum absolute atomic E-state index is 0. The molecule has 0 radical (unpaired) electrons. The van der Waals surface area contributed by atoms with Crippen LogP contribution in [0.25, 0.3) is 0 Å². The van der Waals surface area contributed by atoms with Gasteiger partial charge in [-0.3, -0.25) is 4.98 Å². The number of nitrogens with two attached hydrogens (primary N) is 1. The van der Waals surface area contributed by atoms with E-state index in [0.29, 0.717) is 6.54 Å². The van der Waals surface area contributed by atoms with E-state index in [1.54, 1.807) is 18.3 Å². The van der Waals surface area contributed by atoms with E-state index in [1.165, 1.54) is 0 Å². The van der Waals surface area contributed by atoms with Gasteiger partial charge in [-0.2, -0.15) is 0 Å². The molecule has 1 rings (SSSR count). The molecule has 1 aromatic heterocycles. The Morgan fingerprint density at radius 3 is 2.58 bits per heavy atom. The third-order valence-electron chi connectivity index (χ3n) is 1.27. The largest absolute Gasteiger partial charge is 0.392 e. The second-order valence-corrected chi connectivity index (χ2v) is 2.02. The molecular formula is C7H12Cl2N2O. The molecular weight excluding hydrogens is 199 g/mol. The monoisotopic (exact) mass is 210 g/mol. The van der Waals surface area contributed by atoms with Gasteiger partial charge in [0, 0.05) is 12.7 Å². The van der Waals surface area contributed by atoms with Crippen molar-refractivity contribution in [3.8, 4) is 0 Å². The number of pyridine rings is 1. The normalized spacial score (nSPS) is 8.17. The maximum Gasteiger partial charge on any atom is 0.0683 e. The Morgan fingerprint density at radius 2 is 2.08 bits per heavy atom. The number of nitrogens with zero attached hydrogens (tertiary/aromatic N) is 1. The van der Waals surface area contributed by atoms with Crippen LogP contribution in [0, 0.1) is 0 Å². The first-order chi connectivity index (χ1) is 4.86. The van der Waals surface area contributed by atoms with Crippen molar-refractivity contribution < 1.29 is 5.11 Å². The van der Waals surface area contributed by atoms with Crippen molar-refractivity contribution in [2.24, 2.45) is 5.73 Å². The fourth-order valence-corrected chi connectivity index (χ4v) is 0.738. The Kier molecular flexibility index (Phi) is 8.64. The molecule has 70 valence electrons. The fraction of sp³-hybridized carbons (Fsp3) is 0.286. The van der Waals surface area contributed by atoms with Crippen LogP contribution in [-0.2, 0) is 13.2 Å². The number of aromatic nitrogens is 1. The summed E-state index contributed by atoms with van der Waals surface area (Å²) in [6.45, 7) is 0.476. The number of hydrogen-bond acceptors (Lipinski definition) is 3. The van der Waals surface area contributed by atoms with Gasteiger partial charge < -0.3 is 10.8 Å². The lowest BCUT2D eigenvalue weighted by molar-refractivity contribution is 0.281. The summed E-state index contributed by atoms with van der Waals surface area (Å²) in [5.41, 5.74) is 7.00. The first kappa shape index (κ1) is 14.2. The van der Waals surface area contributed by atoms with Crippen molar-refractivity contribution in [2.45, 2.75) is 13.2 Å². The highest BCUT2D eigenvalue weighted by Gasteiger charge is 1.91. The molecule has 0 bridgehead atoms. The van der Waals surface area contributed by atoms with Crippen molar-refractivity contribution in [1.82, 2.24) is 4.98 Å². The molecule has 0 atom stereocenters. The van der Waals surface area contributed by atoms with Gasteiger partial charge in [-0.15, -0.1) is 24.8 Å². The molecule has 0 amide bonds. The van der Waals surface area contributed by atoms with Crippen LogP contribution < -0.4 is 5.73 Å². The summed E-state index contributed by atoms with van der Waals surface area (Å²) >= 11 is 0. The van der Waals surface area contributed by atoms with Gasteiger partial charge >= 0.3 is 0 Å². The van der Waals surface area contributed by atoms with E-state index in [4.69, 9.17) is 10.8 Å². The molecule has 12 heavy (non-hydrogen) atoms. The minimum Gasteiger partial charge on any atom is -0.392 e. The summed E-state index contributed by atoms with van der Waals surface area (Å²) in [4.78, 5) is 3.97. The van der Waals surface area contributed by atoms with Crippen molar-refractivity contribution in [3.63, 3.8) is 0 Å². The Bertz CT molecular complexity index is 201. The zero-order valence-corrected chi connectivity index (χ0v) is 8.07. The van der Waals surface area contributed by atoms with Gasteiger partial charge in [-0.1, -0.05) is 0 Å². The van der Waals surface area contributed by atoms with E-state index in [1.807, 2.05) is 0 Å². The topological polar surface area (TPSA) is 59.1 Å². The molecule has 0 spiro atoms. The number of aliphatic hydroxyl groups excluding tert-OH is 1. The highest BCUT2D eigenvalue weighted by molar-refractivity contribution is 5.85. The summed E-state index contributed by atoms with van der Waals surface area (Å²) in [6.07, 6.45) is 1.65. The lowest BCUT2D eigenvalue weighted by Gasteiger charge is -1.97. The molecule has 0 aliphatic carbocycles. The average molecular weight is 211 g/mol. The third kappa shape index (κ3) is 3.88. The highest BCUT2D eigenvalue weighted by Crippen LogP contribution is 1.99. The molecule has 0 aliphatic heterocycles. The quantitative estimate of drug-likeness (QED) is 0.763. The van der Waals surface area contributed by atoms with Crippen LogP contribution >= 0.6 is 24.8 Å². The van der Waals surface area contributed by atoms with Crippen molar-refractivity contribution in [1.29, 1.82) is 0 Å². The van der Waals surface area contributed by atoms with Crippen molar-refractivity contribution >= 4 is 24.8 Å². The molecule has 1 heterocycles. The predicted molar refractivity (Wildman–Crippen MR) is 52.5 cm³/mol. The molecule has 0 saturated carbocycles. The SMILES string of the molecule is Cl.Cl.NCc1cc(CO)ccn1. The fourth-order valence-electron chi connectivity index (χ4n) is 0.738. The summed E-state index contributed by atoms with van der Waals surface area (Å²) < 4.78 is 0. The number of aliphatic hydroxyl groups is 1. The summed E-state index contributed by atoms with van der Waals surface area (Å²) in [6, 6.07) is 3.55. The first-order valence-electron chi connectivity index (χ1n) is 3.11. The van der Waals surface area contributed by atoms with Crippen LogP contribution in [0.5, 0.6) is 0 Å². The maximum atomic E-state index is 8.69. The van der Waals surface area contributed by atoms with E-state index >= 15 is 0 Å². The maximum absolute atomic E-state index is 8.69. The molecule has 0 saturated heterocycles. The lowest BCUT2D eigenvalue weighted by Crippen LogP contribution is -1.99. The first-order valence-corrected chi connectivity index (χ1v) is 3.11. The Labute approximate surface area is 83.8 Å². The van der Waals surface area contributed by atoms with Gasteiger partial charge in [0.15, 0.2) is 0 Å². The average Bonchev–Trinajstić information content (AvgIpc) is 2.05. The highest BCUT2D eigenvalue weighted by atomic mass is 35.5. The Balaban J connectivity index is 0. The molecule has 0 aliphatic rings. The number of halogens is 2. The molecule has 3 N–H and O–H groups in total. The molecule has 1 aromatic rings. The van der Waals surface area contributed by atoms with Crippen LogP contribution in [0.1, 0.15) is 11.3 Å². The second kappa shape index (κ2) is 7.31. The lowest BCUT2D eigenvalue weighted by atomic mass is 10.2. The predicted octanol–water partition coefficient (Wildman–Crippen LogP) is 0.876. The van der Waals surface area contributed by atoms with Gasteiger partial charge in [0.1, 0.15) is 0 Å². The molecule has 0 fully saturated rings.